The second-order valence-corrected chi connectivity index (χ2v) is 9.26. The van der Waals surface area contributed by atoms with Gasteiger partial charge >= 0.3 is 6.36 Å². The molecule has 0 saturated carbocycles. The van der Waals surface area contributed by atoms with Crippen molar-refractivity contribution in [2.24, 2.45) is 0 Å². The van der Waals surface area contributed by atoms with Crippen molar-refractivity contribution in [1.29, 1.82) is 5.26 Å². The highest BCUT2D eigenvalue weighted by Crippen LogP contribution is 2.25. The molecular weight excluding hydrogens is 463 g/mol. The standard InChI is InChI=1S/C21H22F3N3O5S/c22-21(23,24)32-19-5-7-20(8-6-19)33(29,30)27-11-9-26(10-12-27)14-17(28)15-31-18-3-1-16(13-25)2-4-18/h1-8,17,28H,9-12,14-15H2/t17-/m1/s1. The maximum atomic E-state index is 12.8. The van der Waals surface area contributed by atoms with Gasteiger partial charge in [0.05, 0.1) is 16.5 Å². The van der Waals surface area contributed by atoms with Gasteiger partial charge in [-0.1, -0.05) is 0 Å². The van der Waals surface area contributed by atoms with Gasteiger partial charge in [0.25, 0.3) is 0 Å². The molecule has 2 aromatic rings. The van der Waals surface area contributed by atoms with Gasteiger partial charge in [-0.25, -0.2) is 8.42 Å². The smallest absolute Gasteiger partial charge is 0.491 e. The fourth-order valence-corrected chi connectivity index (χ4v) is 4.71. The molecule has 0 amide bonds. The Morgan fingerprint density at radius 2 is 1.58 bits per heavy atom. The van der Waals surface area contributed by atoms with E-state index in [0.29, 0.717) is 24.4 Å². The van der Waals surface area contributed by atoms with Crippen LogP contribution in [-0.2, 0) is 10.0 Å². The first-order valence-corrected chi connectivity index (χ1v) is 11.4. The number of benzene rings is 2. The van der Waals surface area contributed by atoms with Crippen LogP contribution in [0.5, 0.6) is 11.5 Å². The van der Waals surface area contributed by atoms with Gasteiger partial charge < -0.3 is 14.6 Å². The first-order valence-electron chi connectivity index (χ1n) is 9.96. The number of sulfonamides is 1. The lowest BCUT2D eigenvalue weighted by Crippen LogP contribution is -2.50. The van der Waals surface area contributed by atoms with E-state index in [2.05, 4.69) is 4.74 Å². The summed E-state index contributed by atoms with van der Waals surface area (Å²) >= 11 is 0. The van der Waals surface area contributed by atoms with Crippen LogP contribution in [0.15, 0.2) is 53.4 Å². The van der Waals surface area contributed by atoms with Gasteiger partial charge in [0, 0.05) is 32.7 Å². The van der Waals surface area contributed by atoms with Crippen LogP contribution in [0.1, 0.15) is 5.56 Å². The Labute approximate surface area is 189 Å². The van der Waals surface area contributed by atoms with Crippen molar-refractivity contribution in [3.8, 4) is 17.6 Å². The van der Waals surface area contributed by atoms with Crippen LogP contribution in [0.4, 0.5) is 13.2 Å². The Morgan fingerprint density at radius 3 is 2.12 bits per heavy atom. The summed E-state index contributed by atoms with van der Waals surface area (Å²) in [6, 6.07) is 12.6. The molecule has 0 bridgehead atoms. The van der Waals surface area contributed by atoms with Gasteiger partial charge in [-0.05, 0) is 48.5 Å². The van der Waals surface area contributed by atoms with Crippen molar-refractivity contribution < 1.29 is 36.2 Å². The van der Waals surface area contributed by atoms with E-state index in [9.17, 15) is 26.7 Å². The molecule has 1 N–H and O–H groups in total. The van der Waals surface area contributed by atoms with Crippen LogP contribution < -0.4 is 9.47 Å². The predicted molar refractivity (Wildman–Crippen MR) is 111 cm³/mol. The van der Waals surface area contributed by atoms with Gasteiger partial charge in [0.2, 0.25) is 10.0 Å². The fraction of sp³-hybridized carbons (Fsp3) is 0.381. The minimum Gasteiger partial charge on any atom is -0.491 e. The number of hydrogen-bond acceptors (Lipinski definition) is 7. The Kier molecular flexibility index (Phi) is 7.80. The van der Waals surface area contributed by atoms with Crippen LogP contribution in [0.25, 0.3) is 0 Å². The van der Waals surface area contributed by atoms with Crippen molar-refractivity contribution in [3.63, 3.8) is 0 Å². The van der Waals surface area contributed by atoms with Crippen molar-refractivity contribution >= 4 is 10.0 Å². The molecule has 0 unspecified atom stereocenters. The minimum absolute atomic E-state index is 0.0385. The summed E-state index contributed by atoms with van der Waals surface area (Å²) in [7, 11) is -3.87. The number of nitrogens with zero attached hydrogens (tertiary/aromatic N) is 3. The number of halogens is 3. The summed E-state index contributed by atoms with van der Waals surface area (Å²) < 4.78 is 72.9. The Hall–Kier alpha value is -2.85. The maximum Gasteiger partial charge on any atom is 0.573 e. The highest BCUT2D eigenvalue weighted by molar-refractivity contribution is 7.89. The van der Waals surface area contributed by atoms with Crippen LogP contribution in [0.3, 0.4) is 0 Å². The first-order chi connectivity index (χ1) is 15.6. The van der Waals surface area contributed by atoms with Crippen molar-refractivity contribution in [2.75, 3.05) is 39.3 Å². The van der Waals surface area contributed by atoms with E-state index in [1.807, 2.05) is 11.0 Å². The molecule has 3 rings (SSSR count). The summed E-state index contributed by atoms with van der Waals surface area (Å²) in [6.07, 6.45) is -5.65. The lowest BCUT2D eigenvalue weighted by Gasteiger charge is -2.34. The largest absolute Gasteiger partial charge is 0.573 e. The maximum absolute atomic E-state index is 12.8. The summed E-state index contributed by atoms with van der Waals surface area (Å²) in [5.41, 5.74) is 0.501. The topological polar surface area (TPSA) is 103 Å². The number of aliphatic hydroxyl groups is 1. The third-order valence-electron chi connectivity index (χ3n) is 4.92. The van der Waals surface area contributed by atoms with Gasteiger partial charge in [-0.2, -0.15) is 9.57 Å². The molecule has 1 fully saturated rings. The zero-order valence-electron chi connectivity index (χ0n) is 17.4. The number of ether oxygens (including phenoxy) is 2. The molecule has 1 aliphatic heterocycles. The summed E-state index contributed by atoms with van der Waals surface area (Å²) in [6.45, 7) is 1.42. The van der Waals surface area contributed by atoms with E-state index in [-0.39, 0.29) is 31.1 Å². The van der Waals surface area contributed by atoms with E-state index < -0.39 is 28.2 Å². The first kappa shape index (κ1) is 24.8. The zero-order chi connectivity index (χ0) is 24.1. The molecule has 8 nitrogen and oxygen atoms in total. The molecule has 33 heavy (non-hydrogen) atoms. The highest BCUT2D eigenvalue weighted by Gasteiger charge is 2.32. The van der Waals surface area contributed by atoms with Crippen LogP contribution in [0.2, 0.25) is 0 Å². The van der Waals surface area contributed by atoms with Gasteiger partial charge in [-0.15, -0.1) is 13.2 Å². The molecule has 0 spiro atoms. The summed E-state index contributed by atoms with van der Waals surface area (Å²) in [5.74, 6) is 0.0269. The van der Waals surface area contributed by atoms with Gasteiger partial charge in [0.15, 0.2) is 0 Å². The Morgan fingerprint density at radius 1 is 1.00 bits per heavy atom. The van der Waals surface area contributed by atoms with Crippen molar-refractivity contribution in [2.45, 2.75) is 17.4 Å². The molecule has 0 aromatic heterocycles. The quantitative estimate of drug-likeness (QED) is 0.612. The average Bonchev–Trinajstić information content (AvgIpc) is 2.78. The van der Waals surface area contributed by atoms with E-state index in [1.165, 1.54) is 4.31 Å². The van der Waals surface area contributed by atoms with E-state index in [0.717, 1.165) is 24.3 Å². The molecule has 1 aliphatic rings. The molecule has 1 atom stereocenters. The molecular formula is C21H22F3N3O5S. The fourth-order valence-electron chi connectivity index (χ4n) is 3.28. The van der Waals surface area contributed by atoms with E-state index in [1.54, 1.807) is 24.3 Å². The number of hydrogen-bond donors (Lipinski definition) is 1. The summed E-state index contributed by atoms with van der Waals surface area (Å²) in [4.78, 5) is 1.78. The zero-order valence-corrected chi connectivity index (χ0v) is 18.2. The monoisotopic (exact) mass is 485 g/mol. The molecule has 2 aromatic carbocycles. The van der Waals surface area contributed by atoms with Crippen LogP contribution in [-0.4, -0.2) is 74.5 Å². The number of aliphatic hydroxyl groups excluding tert-OH is 1. The molecule has 1 heterocycles. The average molecular weight is 485 g/mol. The second kappa shape index (κ2) is 10.4. The van der Waals surface area contributed by atoms with E-state index >= 15 is 0 Å². The normalized spacial score (nSPS) is 16.7. The van der Waals surface area contributed by atoms with Gasteiger partial charge in [0.1, 0.15) is 24.2 Å². The highest BCUT2D eigenvalue weighted by atomic mass is 32.2. The second-order valence-electron chi connectivity index (χ2n) is 7.32. The predicted octanol–water partition coefficient (Wildman–Crippen LogP) is 2.20. The molecule has 1 saturated heterocycles. The summed E-state index contributed by atoms with van der Waals surface area (Å²) in [5, 5.41) is 19.0. The lowest BCUT2D eigenvalue weighted by molar-refractivity contribution is -0.274. The molecule has 0 radical (unpaired) electrons. The number of rotatable bonds is 8. The third kappa shape index (κ3) is 7.06. The Bertz CT molecular complexity index is 1060. The SMILES string of the molecule is N#Cc1ccc(OC[C@H](O)CN2CCN(S(=O)(=O)c3ccc(OC(F)(F)F)cc3)CC2)cc1. The minimum atomic E-state index is -4.85. The molecule has 0 aliphatic carbocycles. The van der Waals surface area contributed by atoms with Crippen LogP contribution in [0, 0.1) is 11.3 Å². The molecule has 178 valence electrons. The van der Waals surface area contributed by atoms with Crippen molar-refractivity contribution in [1.82, 2.24) is 9.21 Å². The Balaban J connectivity index is 1.47. The van der Waals surface area contributed by atoms with E-state index in [4.69, 9.17) is 10.00 Å². The van der Waals surface area contributed by atoms with Crippen LogP contribution >= 0.6 is 0 Å². The van der Waals surface area contributed by atoms with Crippen molar-refractivity contribution in [3.05, 3.63) is 54.1 Å². The van der Waals surface area contributed by atoms with Gasteiger partial charge in [-0.3, -0.25) is 4.90 Å². The number of alkyl halides is 3. The number of β-amino-alcohol motifs (C(OH)–C–C–N with tert-alkyl or cyclic N) is 1. The lowest BCUT2D eigenvalue weighted by atomic mass is 10.2. The molecule has 12 heteroatoms. The number of piperazine rings is 1. The number of nitriles is 1. The third-order valence-corrected chi connectivity index (χ3v) is 6.83.